The van der Waals surface area contributed by atoms with Crippen LogP contribution in [0.4, 0.5) is 0 Å². The third-order valence-electron chi connectivity index (χ3n) is 5.02. The highest BCUT2D eigenvalue weighted by Gasteiger charge is 2.36. The van der Waals surface area contributed by atoms with E-state index in [1.165, 1.54) is 5.56 Å². The molecular formula is C24H24N2O3. The van der Waals surface area contributed by atoms with E-state index in [2.05, 4.69) is 37.3 Å². The van der Waals surface area contributed by atoms with Crippen molar-refractivity contribution in [2.45, 2.75) is 33.1 Å². The molecule has 0 fully saturated rings. The van der Waals surface area contributed by atoms with Crippen molar-refractivity contribution in [3.05, 3.63) is 82.4 Å². The zero-order valence-corrected chi connectivity index (χ0v) is 16.9. The highest BCUT2D eigenvalue weighted by Crippen LogP contribution is 2.40. The summed E-state index contributed by atoms with van der Waals surface area (Å²) in [7, 11) is 0. The first-order valence-corrected chi connectivity index (χ1v) is 9.64. The van der Waals surface area contributed by atoms with Crippen molar-refractivity contribution in [2.24, 2.45) is 5.73 Å². The molecule has 1 heterocycles. The fourth-order valence-electron chi connectivity index (χ4n) is 3.52. The molecule has 2 aromatic carbocycles. The Morgan fingerprint density at radius 2 is 1.90 bits per heavy atom. The van der Waals surface area contributed by atoms with E-state index >= 15 is 0 Å². The first kappa shape index (κ1) is 20.2. The van der Waals surface area contributed by atoms with Gasteiger partial charge in [-0.05, 0) is 42.5 Å². The molecule has 5 heteroatoms. The van der Waals surface area contributed by atoms with Gasteiger partial charge in [0.2, 0.25) is 5.88 Å². The SMILES string of the molecule is CCOC(=O)C1=C(C)OC(N)=C(C#N)C1c1cccc(-c2ccc(CC)cc2)c1. The number of aryl methyl sites for hydroxylation is 1. The normalized spacial score (nSPS) is 16.3. The highest BCUT2D eigenvalue weighted by atomic mass is 16.5. The summed E-state index contributed by atoms with van der Waals surface area (Å²) in [6, 6.07) is 18.2. The van der Waals surface area contributed by atoms with Gasteiger partial charge in [-0.25, -0.2) is 4.79 Å². The highest BCUT2D eigenvalue weighted by molar-refractivity contribution is 5.92. The lowest BCUT2D eigenvalue weighted by molar-refractivity contribution is -0.139. The lowest BCUT2D eigenvalue weighted by atomic mass is 9.82. The molecule has 0 aliphatic carbocycles. The number of nitriles is 1. The minimum Gasteiger partial charge on any atom is -0.463 e. The number of hydrogen-bond acceptors (Lipinski definition) is 5. The molecule has 1 aliphatic heterocycles. The summed E-state index contributed by atoms with van der Waals surface area (Å²) in [4.78, 5) is 12.7. The molecule has 5 nitrogen and oxygen atoms in total. The molecule has 1 unspecified atom stereocenters. The summed E-state index contributed by atoms with van der Waals surface area (Å²) in [5.41, 5.74) is 10.6. The van der Waals surface area contributed by atoms with E-state index in [-0.39, 0.29) is 18.1 Å². The molecule has 1 atom stereocenters. The molecule has 148 valence electrons. The zero-order chi connectivity index (χ0) is 21.0. The van der Waals surface area contributed by atoms with Crippen LogP contribution in [-0.4, -0.2) is 12.6 Å². The molecular weight excluding hydrogens is 364 g/mol. The number of ether oxygens (including phenoxy) is 2. The summed E-state index contributed by atoms with van der Waals surface area (Å²) in [6.07, 6.45) is 0.977. The molecule has 0 aromatic heterocycles. The van der Waals surface area contributed by atoms with Crippen molar-refractivity contribution in [3.63, 3.8) is 0 Å². The number of nitrogens with zero attached hydrogens (tertiary/aromatic N) is 1. The van der Waals surface area contributed by atoms with Crippen molar-refractivity contribution in [1.82, 2.24) is 0 Å². The minimum absolute atomic E-state index is 0.0146. The van der Waals surface area contributed by atoms with Gasteiger partial charge in [0, 0.05) is 0 Å². The second kappa shape index (κ2) is 8.66. The molecule has 3 rings (SSSR count). The molecule has 0 saturated carbocycles. The Labute approximate surface area is 171 Å². The third-order valence-corrected chi connectivity index (χ3v) is 5.02. The van der Waals surface area contributed by atoms with Crippen LogP contribution in [0.5, 0.6) is 0 Å². The van der Waals surface area contributed by atoms with Gasteiger partial charge in [0.05, 0.1) is 18.1 Å². The Kier molecular flexibility index (Phi) is 6.04. The smallest absolute Gasteiger partial charge is 0.338 e. The molecule has 1 aliphatic rings. The van der Waals surface area contributed by atoms with Gasteiger partial charge in [0.15, 0.2) is 0 Å². The van der Waals surface area contributed by atoms with Crippen LogP contribution in [0.25, 0.3) is 11.1 Å². The quantitative estimate of drug-likeness (QED) is 0.759. The van der Waals surface area contributed by atoms with Crippen LogP contribution in [-0.2, 0) is 20.7 Å². The van der Waals surface area contributed by atoms with Gasteiger partial charge in [-0.2, -0.15) is 5.26 Å². The molecule has 0 spiro atoms. The Morgan fingerprint density at radius 3 is 2.52 bits per heavy atom. The molecule has 2 aromatic rings. The first-order valence-electron chi connectivity index (χ1n) is 9.64. The van der Waals surface area contributed by atoms with Crippen LogP contribution >= 0.6 is 0 Å². The largest absolute Gasteiger partial charge is 0.463 e. The number of carbonyl (C=O) groups is 1. The molecule has 0 bridgehead atoms. The second-order valence-electron chi connectivity index (χ2n) is 6.79. The van der Waals surface area contributed by atoms with Gasteiger partial charge in [-0.3, -0.25) is 0 Å². The van der Waals surface area contributed by atoms with Gasteiger partial charge in [0.1, 0.15) is 17.4 Å². The monoisotopic (exact) mass is 388 g/mol. The number of nitrogens with two attached hydrogens (primary N) is 1. The predicted molar refractivity (Wildman–Crippen MR) is 111 cm³/mol. The Balaban J connectivity index is 2.10. The fourth-order valence-corrected chi connectivity index (χ4v) is 3.52. The molecule has 0 radical (unpaired) electrons. The van der Waals surface area contributed by atoms with Crippen LogP contribution in [0.1, 0.15) is 37.8 Å². The van der Waals surface area contributed by atoms with Crippen molar-refractivity contribution in [1.29, 1.82) is 5.26 Å². The first-order chi connectivity index (χ1) is 14.0. The van der Waals surface area contributed by atoms with Crippen LogP contribution in [0.3, 0.4) is 0 Å². The van der Waals surface area contributed by atoms with Crippen molar-refractivity contribution in [3.8, 4) is 17.2 Å². The summed E-state index contributed by atoms with van der Waals surface area (Å²) in [5.74, 6) is -0.779. The van der Waals surface area contributed by atoms with Crippen molar-refractivity contribution < 1.29 is 14.3 Å². The molecule has 0 amide bonds. The van der Waals surface area contributed by atoms with E-state index in [0.29, 0.717) is 11.3 Å². The van der Waals surface area contributed by atoms with E-state index < -0.39 is 11.9 Å². The number of rotatable bonds is 5. The lowest BCUT2D eigenvalue weighted by Gasteiger charge is -2.27. The van der Waals surface area contributed by atoms with E-state index in [0.717, 1.165) is 23.1 Å². The Morgan fingerprint density at radius 1 is 1.17 bits per heavy atom. The maximum absolute atomic E-state index is 12.7. The van der Waals surface area contributed by atoms with Gasteiger partial charge in [-0.15, -0.1) is 0 Å². The van der Waals surface area contributed by atoms with E-state index in [1.807, 2.05) is 24.3 Å². The predicted octanol–water partition coefficient (Wildman–Crippen LogP) is 4.56. The molecule has 29 heavy (non-hydrogen) atoms. The summed E-state index contributed by atoms with van der Waals surface area (Å²) in [6.45, 7) is 5.75. The summed E-state index contributed by atoms with van der Waals surface area (Å²) < 4.78 is 10.7. The standard InChI is InChI=1S/C24H24N2O3/c1-4-16-9-11-17(12-10-16)18-7-6-8-19(13-18)22-20(14-25)23(26)29-15(3)21(22)24(27)28-5-2/h6-13,22H,4-5,26H2,1-3H3. The summed E-state index contributed by atoms with van der Waals surface area (Å²) in [5, 5.41) is 9.71. The van der Waals surface area contributed by atoms with Crippen LogP contribution in [0, 0.1) is 11.3 Å². The minimum atomic E-state index is -0.636. The number of esters is 1. The maximum Gasteiger partial charge on any atom is 0.338 e. The second-order valence-corrected chi connectivity index (χ2v) is 6.79. The average Bonchev–Trinajstić information content (AvgIpc) is 2.73. The van der Waals surface area contributed by atoms with Gasteiger partial charge in [0.25, 0.3) is 0 Å². The van der Waals surface area contributed by atoms with E-state index in [4.69, 9.17) is 15.2 Å². The number of benzene rings is 2. The fraction of sp³-hybridized carbons (Fsp3) is 0.250. The van der Waals surface area contributed by atoms with Gasteiger partial charge in [-0.1, -0.05) is 55.5 Å². The molecule has 0 saturated heterocycles. The number of carbonyl (C=O) groups excluding carboxylic acids is 1. The van der Waals surface area contributed by atoms with E-state index in [9.17, 15) is 10.1 Å². The number of allylic oxidation sites excluding steroid dienone is 2. The van der Waals surface area contributed by atoms with Crippen LogP contribution in [0.15, 0.2) is 71.3 Å². The maximum atomic E-state index is 12.7. The van der Waals surface area contributed by atoms with Gasteiger partial charge < -0.3 is 15.2 Å². The average molecular weight is 388 g/mol. The topological polar surface area (TPSA) is 85.3 Å². The molecule has 2 N–H and O–H groups in total. The Bertz CT molecular complexity index is 1030. The van der Waals surface area contributed by atoms with Gasteiger partial charge >= 0.3 is 5.97 Å². The lowest BCUT2D eigenvalue weighted by Crippen LogP contribution is -2.25. The van der Waals surface area contributed by atoms with E-state index in [1.54, 1.807) is 13.8 Å². The van der Waals surface area contributed by atoms with Crippen molar-refractivity contribution >= 4 is 5.97 Å². The van der Waals surface area contributed by atoms with Crippen LogP contribution < -0.4 is 5.73 Å². The number of hydrogen-bond donors (Lipinski definition) is 1. The Hall–Kier alpha value is -3.52. The van der Waals surface area contributed by atoms with Crippen molar-refractivity contribution in [2.75, 3.05) is 6.61 Å². The zero-order valence-electron chi connectivity index (χ0n) is 16.9. The van der Waals surface area contributed by atoms with Crippen LogP contribution in [0.2, 0.25) is 0 Å². The third kappa shape index (κ3) is 4.02. The summed E-state index contributed by atoms with van der Waals surface area (Å²) >= 11 is 0.